The topological polar surface area (TPSA) is 43.9 Å². The molecule has 0 aliphatic heterocycles. The van der Waals surface area contributed by atoms with Gasteiger partial charge in [0, 0.05) is 42.7 Å². The average molecular weight is 976 g/mol. The molecular weight excluding hydrogens is 931 g/mol. The van der Waals surface area contributed by atoms with Crippen LogP contribution in [0.1, 0.15) is 18.4 Å². The highest BCUT2D eigenvalue weighted by Crippen LogP contribution is 2.44. The zero-order valence-electron chi connectivity index (χ0n) is 40.7. The molecule has 0 N–H and O–H groups in total. The van der Waals surface area contributed by atoms with E-state index in [1.54, 1.807) is 11.3 Å². The Morgan fingerprint density at radius 2 is 1.00 bits per heavy atom. The SMILES string of the molecule is C1=c2c(c3cc(-c4ccccc4)ccc3n2-c2ccccc2)=C(c2cccc(-c3ccc4sc5c(-c6cc(-c7ccccc7)cc(-c7ccccc7)c6)nc(-c6cccc7c6oc6ccccc67)nc5c4c3)c2)CC1. The molecule has 0 fully saturated rings. The van der Waals surface area contributed by atoms with E-state index in [1.165, 1.54) is 55.0 Å². The molecule has 5 heteroatoms. The van der Waals surface area contributed by atoms with Crippen LogP contribution in [0.2, 0.25) is 0 Å². The number of thiophene rings is 1. The van der Waals surface area contributed by atoms with Crippen molar-refractivity contribution < 1.29 is 4.42 Å². The van der Waals surface area contributed by atoms with E-state index in [0.717, 1.165) is 99.7 Å². The first-order valence-electron chi connectivity index (χ1n) is 25.7. The summed E-state index contributed by atoms with van der Waals surface area (Å²) in [4.78, 5) is 11.2. The summed E-state index contributed by atoms with van der Waals surface area (Å²) in [6.07, 6.45) is 4.35. The highest BCUT2D eigenvalue weighted by Gasteiger charge is 2.23. The van der Waals surface area contributed by atoms with Gasteiger partial charge in [-0.1, -0.05) is 176 Å². The summed E-state index contributed by atoms with van der Waals surface area (Å²) >= 11 is 1.76. The lowest BCUT2D eigenvalue weighted by atomic mass is 9.91. The summed E-state index contributed by atoms with van der Waals surface area (Å²) in [6.45, 7) is 0. The molecule has 4 nitrogen and oxygen atoms in total. The maximum atomic E-state index is 6.67. The van der Waals surface area contributed by atoms with Gasteiger partial charge in [0.2, 0.25) is 0 Å². The number of furan rings is 1. The van der Waals surface area contributed by atoms with Gasteiger partial charge in [0.15, 0.2) is 5.82 Å². The van der Waals surface area contributed by atoms with Crippen LogP contribution in [0.25, 0.3) is 138 Å². The molecule has 75 heavy (non-hydrogen) atoms. The Bertz CT molecular complexity index is 4630. The average Bonchev–Trinajstić information content (AvgIpc) is 4.18. The van der Waals surface area contributed by atoms with Crippen molar-refractivity contribution in [2.24, 2.45) is 0 Å². The lowest BCUT2D eigenvalue weighted by Gasteiger charge is -2.13. The standard InChI is InChI=1S/C70H45N3OS/c1-5-18-44(19-6-1)48-34-36-61-59(42-48)65-55(29-17-32-62(65)73(61)54-26-11-4-12-27-54)50-25-15-24-47(38-50)49-35-37-64-60(43-49)67-69(75-64)66(71-70(72-67)58-31-16-30-57-56-28-13-14-33-63(56)74-68(57)58)53-40-51(45-20-7-2-8-21-45)39-52(41-53)46-22-9-3-10-23-46/h1-16,18-28,30-43H,17,29H2. The van der Waals surface area contributed by atoms with Crippen LogP contribution >= 0.6 is 11.3 Å². The Morgan fingerprint density at radius 3 is 1.76 bits per heavy atom. The Balaban J connectivity index is 0.939. The lowest BCUT2D eigenvalue weighted by molar-refractivity contribution is 0.669. The summed E-state index contributed by atoms with van der Waals surface area (Å²) in [6, 6.07) is 87.4. The number of benzene rings is 10. The van der Waals surface area contributed by atoms with Crippen molar-refractivity contribution >= 4 is 76.1 Å². The zero-order chi connectivity index (χ0) is 49.4. The molecule has 0 bridgehead atoms. The van der Waals surface area contributed by atoms with E-state index in [4.69, 9.17) is 14.4 Å². The lowest BCUT2D eigenvalue weighted by Crippen LogP contribution is -2.32. The van der Waals surface area contributed by atoms with Gasteiger partial charge in [-0.15, -0.1) is 11.3 Å². The summed E-state index contributed by atoms with van der Waals surface area (Å²) in [7, 11) is 0. The monoisotopic (exact) mass is 975 g/mol. The molecule has 0 spiro atoms. The first-order valence-corrected chi connectivity index (χ1v) is 26.5. The molecule has 4 heterocycles. The molecule has 4 aromatic heterocycles. The van der Waals surface area contributed by atoms with Gasteiger partial charge >= 0.3 is 0 Å². The third-order valence-corrected chi connectivity index (χ3v) is 16.2. The van der Waals surface area contributed by atoms with Crippen LogP contribution in [0, 0.1) is 0 Å². The highest BCUT2D eigenvalue weighted by molar-refractivity contribution is 7.26. The van der Waals surface area contributed by atoms with Crippen LogP contribution in [0.15, 0.2) is 247 Å². The molecule has 1 aliphatic carbocycles. The van der Waals surface area contributed by atoms with Crippen LogP contribution in [-0.4, -0.2) is 14.5 Å². The van der Waals surface area contributed by atoms with Crippen LogP contribution in [0.3, 0.4) is 0 Å². The van der Waals surface area contributed by atoms with Crippen molar-refractivity contribution in [2.75, 3.05) is 0 Å². The summed E-state index contributed by atoms with van der Waals surface area (Å²) in [5.41, 5.74) is 19.7. The van der Waals surface area contributed by atoms with Crippen molar-refractivity contribution in [3.8, 4) is 72.8 Å². The van der Waals surface area contributed by atoms with Gasteiger partial charge in [-0.05, 0) is 141 Å². The molecule has 14 aromatic rings. The minimum atomic E-state index is 0.632. The fourth-order valence-electron chi connectivity index (χ4n) is 11.6. The van der Waals surface area contributed by atoms with Crippen molar-refractivity contribution in [3.63, 3.8) is 0 Å². The smallest absolute Gasteiger partial charge is 0.164 e. The van der Waals surface area contributed by atoms with Gasteiger partial charge in [-0.2, -0.15) is 0 Å². The molecule has 0 saturated carbocycles. The van der Waals surface area contributed by atoms with Crippen LogP contribution in [-0.2, 0) is 0 Å². The van der Waals surface area contributed by atoms with Crippen molar-refractivity contribution in [3.05, 3.63) is 259 Å². The Kier molecular flexibility index (Phi) is 10.2. The molecule has 15 rings (SSSR count). The van der Waals surface area contributed by atoms with Gasteiger partial charge in [-0.25, -0.2) is 9.97 Å². The number of hydrogen-bond acceptors (Lipinski definition) is 4. The van der Waals surface area contributed by atoms with Crippen LogP contribution < -0.4 is 10.6 Å². The van der Waals surface area contributed by atoms with E-state index in [0.29, 0.717) is 5.82 Å². The maximum absolute atomic E-state index is 6.67. The predicted octanol–water partition coefficient (Wildman–Crippen LogP) is 17.5. The van der Waals surface area contributed by atoms with Gasteiger partial charge in [0.05, 0.1) is 32.3 Å². The minimum absolute atomic E-state index is 0.632. The summed E-state index contributed by atoms with van der Waals surface area (Å²) in [5, 5.41) is 7.07. The van der Waals surface area contributed by atoms with Crippen molar-refractivity contribution in [1.29, 1.82) is 0 Å². The molecule has 0 saturated heterocycles. The molecule has 0 unspecified atom stereocenters. The molecular formula is C70H45N3OS. The number of nitrogens with zero attached hydrogens (tertiary/aromatic N) is 3. The van der Waals surface area contributed by atoms with E-state index in [-0.39, 0.29) is 0 Å². The number of aromatic nitrogens is 3. The number of rotatable bonds is 8. The predicted molar refractivity (Wildman–Crippen MR) is 314 cm³/mol. The summed E-state index contributed by atoms with van der Waals surface area (Å²) < 4.78 is 11.3. The number of fused-ring (bicyclic) bond motifs is 9. The number of hydrogen-bond donors (Lipinski definition) is 0. The molecule has 1 aliphatic rings. The third-order valence-electron chi connectivity index (χ3n) is 15.1. The van der Waals surface area contributed by atoms with E-state index >= 15 is 0 Å². The van der Waals surface area contributed by atoms with E-state index in [9.17, 15) is 0 Å². The molecule has 352 valence electrons. The molecule has 10 aromatic carbocycles. The van der Waals surface area contributed by atoms with E-state index < -0.39 is 0 Å². The molecule has 0 atom stereocenters. The fraction of sp³-hybridized carbons (Fsp3) is 0.0286. The molecule has 0 radical (unpaired) electrons. The Labute approximate surface area is 437 Å². The normalized spacial score (nSPS) is 12.5. The second kappa shape index (κ2) is 17.7. The van der Waals surface area contributed by atoms with Gasteiger partial charge in [-0.3, -0.25) is 0 Å². The van der Waals surface area contributed by atoms with Gasteiger partial charge in [0.1, 0.15) is 11.2 Å². The second-order valence-corrected chi connectivity index (χ2v) is 20.6. The van der Waals surface area contributed by atoms with E-state index in [2.05, 4.69) is 241 Å². The van der Waals surface area contributed by atoms with E-state index in [1.807, 2.05) is 12.1 Å². The largest absolute Gasteiger partial charge is 0.455 e. The van der Waals surface area contributed by atoms with Crippen molar-refractivity contribution in [1.82, 2.24) is 14.5 Å². The quantitative estimate of drug-likeness (QED) is 0.152. The highest BCUT2D eigenvalue weighted by atomic mass is 32.1. The zero-order valence-corrected chi connectivity index (χ0v) is 41.6. The van der Waals surface area contributed by atoms with Gasteiger partial charge in [0.25, 0.3) is 0 Å². The molecule has 0 amide bonds. The first-order chi connectivity index (χ1) is 37.2. The van der Waals surface area contributed by atoms with Crippen molar-refractivity contribution in [2.45, 2.75) is 12.8 Å². The maximum Gasteiger partial charge on any atom is 0.164 e. The number of para-hydroxylation sites is 3. The third kappa shape index (κ3) is 7.34. The summed E-state index contributed by atoms with van der Waals surface area (Å²) in [5.74, 6) is 0.632. The second-order valence-electron chi connectivity index (χ2n) is 19.5. The van der Waals surface area contributed by atoms with Crippen LogP contribution in [0.5, 0.6) is 0 Å². The van der Waals surface area contributed by atoms with Gasteiger partial charge < -0.3 is 8.98 Å². The fourth-order valence-corrected chi connectivity index (χ4v) is 12.7. The minimum Gasteiger partial charge on any atom is -0.455 e. The van der Waals surface area contributed by atoms with Crippen LogP contribution in [0.4, 0.5) is 0 Å². The first kappa shape index (κ1) is 43.2. The Hall–Kier alpha value is -9.42. The Morgan fingerprint density at radius 1 is 0.427 bits per heavy atom.